The lowest BCUT2D eigenvalue weighted by Crippen LogP contribution is -2.52. The second-order valence-electron chi connectivity index (χ2n) is 10.5. The highest BCUT2D eigenvalue weighted by Crippen LogP contribution is 2.52. The number of hydrazone groups is 1. The number of ketones is 2. The zero-order chi connectivity index (χ0) is 29.8. The molecule has 1 saturated heterocycles. The SMILES string of the molecule is COc1cccc2c1C(=O)c1c(O)c3c(c(O)c1C2=O)C[C@@](O)(/C(C)=N\NC=O)C[C@@H]3OC1CC(N)C(O)C(C)O1. The minimum atomic E-state index is -1.82. The number of hydrogen-bond acceptors (Lipinski definition) is 12. The zero-order valence-corrected chi connectivity index (χ0v) is 22.6. The van der Waals surface area contributed by atoms with E-state index < -0.39 is 70.4 Å². The molecular formula is C28H31N3O10. The molecule has 0 saturated carbocycles. The number of fused-ring (bicyclic) bond motifs is 3. The summed E-state index contributed by atoms with van der Waals surface area (Å²) < 4.78 is 17.3. The van der Waals surface area contributed by atoms with Crippen LogP contribution in [0.3, 0.4) is 0 Å². The van der Waals surface area contributed by atoms with Crippen molar-refractivity contribution >= 4 is 23.7 Å². The highest BCUT2D eigenvalue weighted by molar-refractivity contribution is 6.31. The third kappa shape index (κ3) is 4.55. The Labute approximate surface area is 234 Å². The van der Waals surface area contributed by atoms with E-state index in [-0.39, 0.29) is 53.0 Å². The molecule has 1 fully saturated rings. The van der Waals surface area contributed by atoms with Gasteiger partial charge in [-0.3, -0.25) is 14.4 Å². The minimum Gasteiger partial charge on any atom is -0.507 e. The molecule has 2 aliphatic carbocycles. The number of carbonyl (C=O) groups is 3. The Morgan fingerprint density at radius 3 is 2.56 bits per heavy atom. The fraction of sp³-hybridized carbons (Fsp3) is 0.429. The zero-order valence-electron chi connectivity index (χ0n) is 22.6. The smallest absolute Gasteiger partial charge is 0.227 e. The Hall–Kier alpha value is -3.88. The highest BCUT2D eigenvalue weighted by Gasteiger charge is 2.49. The molecule has 1 heterocycles. The molecule has 2 aromatic rings. The van der Waals surface area contributed by atoms with Gasteiger partial charge in [0.1, 0.15) is 22.8 Å². The van der Waals surface area contributed by atoms with Gasteiger partial charge in [0.2, 0.25) is 12.2 Å². The molecule has 3 aliphatic rings. The lowest BCUT2D eigenvalue weighted by atomic mass is 9.72. The molecule has 7 N–H and O–H groups in total. The normalized spacial score (nSPS) is 29.3. The number of nitrogens with zero attached hydrogens (tertiary/aromatic N) is 1. The molecule has 5 rings (SSSR count). The van der Waals surface area contributed by atoms with E-state index in [0.717, 1.165) is 0 Å². The maximum Gasteiger partial charge on any atom is 0.227 e. The topological polar surface area (TPSA) is 210 Å². The first-order valence-electron chi connectivity index (χ1n) is 13.0. The van der Waals surface area contributed by atoms with Crippen LogP contribution >= 0.6 is 0 Å². The molecule has 41 heavy (non-hydrogen) atoms. The third-order valence-corrected chi connectivity index (χ3v) is 8.10. The van der Waals surface area contributed by atoms with E-state index in [0.29, 0.717) is 6.41 Å². The van der Waals surface area contributed by atoms with E-state index in [4.69, 9.17) is 19.9 Å². The van der Waals surface area contributed by atoms with Crippen molar-refractivity contribution in [3.8, 4) is 17.2 Å². The molecular weight excluding hydrogens is 538 g/mol. The number of nitrogens with one attached hydrogen (secondary N) is 1. The van der Waals surface area contributed by atoms with Crippen LogP contribution in [0.25, 0.3) is 0 Å². The van der Waals surface area contributed by atoms with Crippen LogP contribution in [0, 0.1) is 0 Å². The molecule has 1 amide bonds. The molecule has 0 aromatic heterocycles. The molecule has 6 atom stereocenters. The van der Waals surface area contributed by atoms with Gasteiger partial charge in [-0.1, -0.05) is 12.1 Å². The summed E-state index contributed by atoms with van der Waals surface area (Å²) >= 11 is 0. The summed E-state index contributed by atoms with van der Waals surface area (Å²) in [6, 6.07) is 3.75. The monoisotopic (exact) mass is 569 g/mol. The maximum absolute atomic E-state index is 13.7. The van der Waals surface area contributed by atoms with Gasteiger partial charge in [0, 0.05) is 42.0 Å². The van der Waals surface area contributed by atoms with Gasteiger partial charge in [-0.05, 0) is 19.9 Å². The second kappa shape index (κ2) is 10.5. The van der Waals surface area contributed by atoms with Crippen LogP contribution in [0.1, 0.15) is 75.8 Å². The van der Waals surface area contributed by atoms with Crippen molar-refractivity contribution in [2.75, 3.05) is 7.11 Å². The van der Waals surface area contributed by atoms with Crippen LogP contribution in [0.5, 0.6) is 17.2 Å². The summed E-state index contributed by atoms with van der Waals surface area (Å²) in [5.74, 6) is -2.52. The summed E-state index contributed by atoms with van der Waals surface area (Å²) in [6.45, 7) is 3.07. The van der Waals surface area contributed by atoms with E-state index in [2.05, 4.69) is 10.5 Å². The Kier molecular flexibility index (Phi) is 7.34. The summed E-state index contributed by atoms with van der Waals surface area (Å²) in [4.78, 5) is 38.2. The average Bonchev–Trinajstić information content (AvgIpc) is 2.94. The molecule has 0 bridgehead atoms. The van der Waals surface area contributed by atoms with Gasteiger partial charge >= 0.3 is 0 Å². The fourth-order valence-corrected chi connectivity index (χ4v) is 5.89. The van der Waals surface area contributed by atoms with Gasteiger partial charge in [0.15, 0.2) is 12.1 Å². The number of rotatable bonds is 6. The number of phenols is 2. The van der Waals surface area contributed by atoms with E-state index in [1.54, 1.807) is 6.92 Å². The lowest BCUT2D eigenvalue weighted by molar-refractivity contribution is -0.245. The van der Waals surface area contributed by atoms with Crippen molar-refractivity contribution < 1.29 is 49.0 Å². The van der Waals surface area contributed by atoms with E-state index in [1.807, 2.05) is 0 Å². The Balaban J connectivity index is 1.69. The fourth-order valence-electron chi connectivity index (χ4n) is 5.89. The number of amides is 1. The number of methoxy groups -OCH3 is 1. The summed E-state index contributed by atoms with van der Waals surface area (Å²) in [5.41, 5.74) is 5.48. The van der Waals surface area contributed by atoms with Gasteiger partial charge in [-0.2, -0.15) is 5.10 Å². The minimum absolute atomic E-state index is 0.0135. The van der Waals surface area contributed by atoms with Crippen molar-refractivity contribution in [1.29, 1.82) is 0 Å². The number of ether oxygens (including phenoxy) is 3. The van der Waals surface area contributed by atoms with Crippen LogP contribution in [0.4, 0.5) is 0 Å². The molecule has 4 unspecified atom stereocenters. The van der Waals surface area contributed by atoms with Crippen molar-refractivity contribution in [2.45, 2.75) is 69.4 Å². The number of nitrogens with two attached hydrogens (primary N) is 1. The summed E-state index contributed by atoms with van der Waals surface area (Å²) in [7, 11) is 1.34. The quantitative estimate of drug-likeness (QED) is 0.105. The lowest BCUT2D eigenvalue weighted by Gasteiger charge is -2.42. The van der Waals surface area contributed by atoms with Gasteiger partial charge in [0.25, 0.3) is 0 Å². The third-order valence-electron chi connectivity index (χ3n) is 8.10. The van der Waals surface area contributed by atoms with Crippen molar-refractivity contribution in [3.05, 3.63) is 51.6 Å². The van der Waals surface area contributed by atoms with Gasteiger partial charge in [-0.15, -0.1) is 0 Å². The molecule has 0 spiro atoms. The van der Waals surface area contributed by atoms with Crippen LogP contribution < -0.4 is 15.9 Å². The van der Waals surface area contributed by atoms with Crippen molar-refractivity contribution in [3.63, 3.8) is 0 Å². The van der Waals surface area contributed by atoms with Crippen LogP contribution in [0.15, 0.2) is 23.3 Å². The van der Waals surface area contributed by atoms with Crippen LogP contribution in [0.2, 0.25) is 0 Å². The van der Waals surface area contributed by atoms with Crippen LogP contribution in [-0.2, 0) is 20.7 Å². The van der Waals surface area contributed by atoms with Gasteiger partial charge in [-0.25, -0.2) is 5.43 Å². The Morgan fingerprint density at radius 2 is 1.90 bits per heavy atom. The van der Waals surface area contributed by atoms with E-state index >= 15 is 0 Å². The largest absolute Gasteiger partial charge is 0.507 e. The number of hydrogen-bond donors (Lipinski definition) is 6. The van der Waals surface area contributed by atoms with Crippen LogP contribution in [-0.4, -0.2) is 81.4 Å². The average molecular weight is 570 g/mol. The maximum atomic E-state index is 13.7. The molecule has 1 aliphatic heterocycles. The van der Waals surface area contributed by atoms with E-state index in [1.165, 1.54) is 32.2 Å². The second-order valence-corrected chi connectivity index (χ2v) is 10.5. The first-order chi connectivity index (χ1) is 19.4. The standard InChI is InChI=1S/C28H31N3O10/c1-11-23(33)15(29)7-18(40-11)41-17-9-28(38,12(2)31-30-10-32)8-14-20(17)27(37)22-21(25(14)35)24(34)13-5-4-6-16(39-3)19(13)26(22)36/h4-6,10-11,15,17-18,23,33,35,37-38H,7-9,29H2,1-3H3,(H,30,32)/b31-12-/t11?,15?,17-,18?,23?,28-/m0/s1. The summed E-state index contributed by atoms with van der Waals surface area (Å²) in [5, 5.41) is 48.9. The number of aliphatic hydroxyl groups is 2. The molecule has 13 nitrogen and oxygen atoms in total. The van der Waals surface area contributed by atoms with Gasteiger partial charge < -0.3 is 40.4 Å². The number of benzene rings is 2. The summed E-state index contributed by atoms with van der Waals surface area (Å²) in [6.07, 6.45) is -4.04. The number of aromatic hydroxyl groups is 2. The highest BCUT2D eigenvalue weighted by atomic mass is 16.7. The molecule has 13 heteroatoms. The Bertz CT molecular complexity index is 1460. The van der Waals surface area contributed by atoms with Crippen molar-refractivity contribution in [1.82, 2.24) is 5.43 Å². The Morgan fingerprint density at radius 1 is 1.20 bits per heavy atom. The van der Waals surface area contributed by atoms with E-state index in [9.17, 15) is 34.8 Å². The van der Waals surface area contributed by atoms with Crippen molar-refractivity contribution in [2.24, 2.45) is 10.8 Å². The predicted molar refractivity (Wildman–Crippen MR) is 142 cm³/mol. The first kappa shape index (κ1) is 28.6. The number of phenolic OH excluding ortho intramolecular Hbond substituents is 2. The van der Waals surface area contributed by atoms with Gasteiger partial charge in [0.05, 0.1) is 47.8 Å². The predicted octanol–water partition coefficient (Wildman–Crippen LogP) is 0.562. The molecule has 2 aromatic carbocycles. The number of aliphatic hydroxyl groups excluding tert-OH is 1. The first-order valence-corrected chi connectivity index (χ1v) is 13.0. The molecule has 218 valence electrons. The molecule has 0 radical (unpaired) electrons. The number of carbonyl (C=O) groups excluding carboxylic acids is 3.